The molecule has 0 saturated carbocycles. The van der Waals surface area contributed by atoms with Crippen LogP contribution in [-0.2, 0) is 13.5 Å². The lowest BCUT2D eigenvalue weighted by Gasteiger charge is -2.13. The third kappa shape index (κ3) is 3.21. The van der Waals surface area contributed by atoms with E-state index in [1.165, 1.54) is 0 Å². The van der Waals surface area contributed by atoms with Gasteiger partial charge in [-0.25, -0.2) is 0 Å². The van der Waals surface area contributed by atoms with Crippen LogP contribution in [0, 0.1) is 6.92 Å². The number of aryl methyl sites for hydroxylation is 2. The number of rotatable bonds is 3. The van der Waals surface area contributed by atoms with Crippen molar-refractivity contribution >= 4 is 43.5 Å². The standard InChI is InChI=1S/C13H13Br2ClN2O/c1-7-13(16)11(18(2)17-7)6-12(19)9-4-3-8(14)5-10(9)15/h3-5,12,19H,6H2,1-2H3. The summed E-state index contributed by atoms with van der Waals surface area (Å²) in [6.45, 7) is 1.85. The minimum Gasteiger partial charge on any atom is -0.388 e. The molecular weight excluding hydrogens is 395 g/mol. The Morgan fingerprint density at radius 2 is 2.11 bits per heavy atom. The third-order valence-electron chi connectivity index (χ3n) is 2.97. The molecule has 1 heterocycles. The zero-order chi connectivity index (χ0) is 14.2. The fraction of sp³-hybridized carbons (Fsp3) is 0.308. The summed E-state index contributed by atoms with van der Waals surface area (Å²) in [7, 11) is 1.83. The molecule has 1 atom stereocenters. The van der Waals surface area contributed by atoms with E-state index in [-0.39, 0.29) is 0 Å². The van der Waals surface area contributed by atoms with E-state index in [4.69, 9.17) is 11.6 Å². The fourth-order valence-corrected chi connectivity index (χ4v) is 3.52. The Hall–Kier alpha value is -0.360. The van der Waals surface area contributed by atoms with Gasteiger partial charge in [-0.1, -0.05) is 49.5 Å². The highest BCUT2D eigenvalue weighted by molar-refractivity contribution is 9.11. The number of aliphatic hydroxyl groups is 1. The molecule has 0 fully saturated rings. The quantitative estimate of drug-likeness (QED) is 0.827. The number of benzene rings is 1. The summed E-state index contributed by atoms with van der Waals surface area (Å²) >= 11 is 13.0. The number of hydrogen-bond acceptors (Lipinski definition) is 2. The van der Waals surface area contributed by atoms with Gasteiger partial charge in [0.15, 0.2) is 0 Å². The lowest BCUT2D eigenvalue weighted by atomic mass is 10.0. The second kappa shape index (κ2) is 5.95. The first kappa shape index (κ1) is 15.0. The fourth-order valence-electron chi connectivity index (χ4n) is 1.97. The van der Waals surface area contributed by atoms with Gasteiger partial charge in [0.1, 0.15) is 0 Å². The molecular formula is C13H13Br2ClN2O. The largest absolute Gasteiger partial charge is 0.388 e. The van der Waals surface area contributed by atoms with Gasteiger partial charge in [-0.15, -0.1) is 0 Å². The van der Waals surface area contributed by atoms with Crippen LogP contribution in [0.15, 0.2) is 27.1 Å². The van der Waals surface area contributed by atoms with Gasteiger partial charge in [0.2, 0.25) is 0 Å². The lowest BCUT2D eigenvalue weighted by molar-refractivity contribution is 0.175. The van der Waals surface area contributed by atoms with Crippen molar-refractivity contribution in [3.8, 4) is 0 Å². The zero-order valence-electron chi connectivity index (χ0n) is 10.5. The van der Waals surface area contributed by atoms with E-state index in [9.17, 15) is 5.11 Å². The van der Waals surface area contributed by atoms with Crippen LogP contribution in [0.5, 0.6) is 0 Å². The minimum absolute atomic E-state index is 0.427. The maximum Gasteiger partial charge on any atom is 0.0856 e. The molecule has 0 aliphatic rings. The SMILES string of the molecule is Cc1nn(C)c(CC(O)c2ccc(Br)cc2Br)c1Cl. The van der Waals surface area contributed by atoms with Crippen LogP contribution in [0.2, 0.25) is 5.02 Å². The van der Waals surface area contributed by atoms with Crippen molar-refractivity contribution in [2.45, 2.75) is 19.4 Å². The van der Waals surface area contributed by atoms with E-state index >= 15 is 0 Å². The van der Waals surface area contributed by atoms with Crippen LogP contribution < -0.4 is 0 Å². The highest BCUT2D eigenvalue weighted by Crippen LogP contribution is 2.31. The molecule has 1 N–H and O–H groups in total. The third-order valence-corrected chi connectivity index (χ3v) is 4.64. The van der Waals surface area contributed by atoms with Crippen molar-refractivity contribution < 1.29 is 5.11 Å². The molecule has 1 aromatic heterocycles. The van der Waals surface area contributed by atoms with Crippen molar-refractivity contribution in [3.05, 3.63) is 49.1 Å². The van der Waals surface area contributed by atoms with E-state index in [1.807, 2.05) is 32.2 Å². The second-order valence-corrected chi connectivity index (χ2v) is 6.50. The molecule has 0 aliphatic heterocycles. The van der Waals surface area contributed by atoms with Gasteiger partial charge < -0.3 is 5.11 Å². The molecule has 2 rings (SSSR count). The maximum atomic E-state index is 10.4. The smallest absolute Gasteiger partial charge is 0.0856 e. The van der Waals surface area contributed by atoms with Crippen molar-refractivity contribution in [2.24, 2.45) is 7.05 Å². The molecule has 1 unspecified atom stereocenters. The monoisotopic (exact) mass is 406 g/mol. The van der Waals surface area contributed by atoms with Crippen LogP contribution in [0.3, 0.4) is 0 Å². The Morgan fingerprint density at radius 3 is 2.63 bits per heavy atom. The Labute approximate surface area is 133 Å². The van der Waals surface area contributed by atoms with Gasteiger partial charge in [-0.3, -0.25) is 4.68 Å². The van der Waals surface area contributed by atoms with Crippen LogP contribution in [0.4, 0.5) is 0 Å². The number of nitrogens with zero attached hydrogens (tertiary/aromatic N) is 2. The van der Waals surface area contributed by atoms with Crippen molar-refractivity contribution in [1.82, 2.24) is 9.78 Å². The van der Waals surface area contributed by atoms with Gasteiger partial charge in [-0.2, -0.15) is 5.10 Å². The molecule has 0 spiro atoms. The van der Waals surface area contributed by atoms with Crippen LogP contribution in [0.25, 0.3) is 0 Å². The molecule has 2 aromatic rings. The Morgan fingerprint density at radius 1 is 1.42 bits per heavy atom. The molecule has 102 valence electrons. The molecule has 3 nitrogen and oxygen atoms in total. The molecule has 0 bridgehead atoms. The van der Waals surface area contributed by atoms with E-state index in [2.05, 4.69) is 37.0 Å². The summed E-state index contributed by atoms with van der Waals surface area (Å²) in [6.07, 6.45) is -0.203. The molecule has 1 aromatic carbocycles. The summed E-state index contributed by atoms with van der Waals surface area (Å²) < 4.78 is 3.54. The molecule has 0 aliphatic carbocycles. The van der Waals surface area contributed by atoms with E-state index < -0.39 is 6.10 Å². The minimum atomic E-state index is -0.630. The van der Waals surface area contributed by atoms with E-state index in [0.29, 0.717) is 11.4 Å². The van der Waals surface area contributed by atoms with Gasteiger partial charge in [0, 0.05) is 22.4 Å². The molecule has 6 heteroatoms. The normalized spacial score (nSPS) is 12.7. The van der Waals surface area contributed by atoms with Crippen molar-refractivity contribution in [3.63, 3.8) is 0 Å². The summed E-state index contributed by atoms with van der Waals surface area (Å²) in [5, 5.41) is 15.2. The Kier molecular flexibility index (Phi) is 4.71. The van der Waals surface area contributed by atoms with Crippen molar-refractivity contribution in [1.29, 1.82) is 0 Å². The lowest BCUT2D eigenvalue weighted by Crippen LogP contribution is -2.07. The van der Waals surface area contributed by atoms with Crippen LogP contribution in [-0.4, -0.2) is 14.9 Å². The zero-order valence-corrected chi connectivity index (χ0v) is 14.4. The van der Waals surface area contributed by atoms with E-state index in [1.54, 1.807) is 4.68 Å². The summed E-state index contributed by atoms with van der Waals surface area (Å²) in [4.78, 5) is 0. The number of hydrogen-bond donors (Lipinski definition) is 1. The molecule has 19 heavy (non-hydrogen) atoms. The first-order chi connectivity index (χ1) is 8.90. The second-order valence-electron chi connectivity index (χ2n) is 4.36. The predicted octanol–water partition coefficient (Wildman–Crippen LogP) is 4.18. The Balaban J connectivity index is 2.28. The van der Waals surface area contributed by atoms with Gasteiger partial charge in [0.05, 0.1) is 22.5 Å². The average molecular weight is 409 g/mol. The van der Waals surface area contributed by atoms with Crippen LogP contribution in [0.1, 0.15) is 23.1 Å². The molecule has 0 amide bonds. The van der Waals surface area contributed by atoms with E-state index in [0.717, 1.165) is 25.9 Å². The Bertz CT molecular complexity index is 613. The number of aliphatic hydroxyl groups excluding tert-OH is 1. The molecule has 0 saturated heterocycles. The van der Waals surface area contributed by atoms with Gasteiger partial charge >= 0.3 is 0 Å². The first-order valence-corrected chi connectivity index (χ1v) is 7.67. The number of aromatic nitrogens is 2. The van der Waals surface area contributed by atoms with Crippen LogP contribution >= 0.6 is 43.5 Å². The summed E-state index contributed by atoms with van der Waals surface area (Å²) in [5.74, 6) is 0. The first-order valence-electron chi connectivity index (χ1n) is 5.71. The molecule has 0 radical (unpaired) electrons. The summed E-state index contributed by atoms with van der Waals surface area (Å²) in [5.41, 5.74) is 2.45. The highest BCUT2D eigenvalue weighted by atomic mass is 79.9. The van der Waals surface area contributed by atoms with Crippen molar-refractivity contribution in [2.75, 3.05) is 0 Å². The highest BCUT2D eigenvalue weighted by Gasteiger charge is 2.18. The number of halogens is 3. The topological polar surface area (TPSA) is 38.0 Å². The van der Waals surface area contributed by atoms with Gasteiger partial charge in [0.25, 0.3) is 0 Å². The maximum absolute atomic E-state index is 10.4. The van der Waals surface area contributed by atoms with Gasteiger partial charge in [-0.05, 0) is 24.6 Å². The average Bonchev–Trinajstić information content (AvgIpc) is 2.56. The predicted molar refractivity (Wildman–Crippen MR) is 83.5 cm³/mol. The summed E-state index contributed by atoms with van der Waals surface area (Å²) in [6, 6.07) is 5.70.